The van der Waals surface area contributed by atoms with Crippen molar-refractivity contribution in [3.05, 3.63) is 94.1 Å². The van der Waals surface area contributed by atoms with Crippen molar-refractivity contribution in [2.75, 3.05) is 0 Å². The van der Waals surface area contributed by atoms with Crippen LogP contribution in [0.3, 0.4) is 0 Å². The molecule has 2 aromatic carbocycles. The van der Waals surface area contributed by atoms with Gasteiger partial charge >= 0.3 is 0 Å². The van der Waals surface area contributed by atoms with E-state index in [9.17, 15) is 0 Å². The minimum Gasteiger partial charge on any atom is -0.490 e. The quantitative estimate of drug-likeness (QED) is 0.310. The van der Waals surface area contributed by atoms with Crippen LogP contribution in [0.2, 0.25) is 0 Å². The van der Waals surface area contributed by atoms with Crippen LogP contribution in [0.4, 0.5) is 0 Å². The van der Waals surface area contributed by atoms with Gasteiger partial charge in [-0.2, -0.15) is 0 Å². The van der Waals surface area contributed by atoms with Crippen LogP contribution >= 0.6 is 0 Å². The van der Waals surface area contributed by atoms with Gasteiger partial charge in [0.1, 0.15) is 18.1 Å². The van der Waals surface area contributed by atoms with Gasteiger partial charge in [-0.1, -0.05) is 66.6 Å². The van der Waals surface area contributed by atoms with E-state index in [-0.39, 0.29) is 0 Å². The fourth-order valence-corrected chi connectivity index (χ4v) is 4.60. The number of allylic oxidation sites excluding steroid dienone is 5. The summed E-state index contributed by atoms with van der Waals surface area (Å²) in [5.41, 5.74) is 9.18. The van der Waals surface area contributed by atoms with Crippen LogP contribution in [-0.2, 0) is 13.0 Å². The molecular weight excluding hydrogens is 440 g/mol. The first kappa shape index (κ1) is 29.5. The maximum atomic E-state index is 6.17. The second-order valence-electron chi connectivity index (χ2n) is 10.1. The summed E-state index contributed by atoms with van der Waals surface area (Å²) in [6, 6.07) is 10.3. The van der Waals surface area contributed by atoms with Crippen molar-refractivity contribution in [2.24, 2.45) is 0 Å². The Morgan fingerprint density at radius 3 is 2.31 bits per heavy atom. The molecule has 0 bridgehead atoms. The molecule has 0 aliphatic carbocycles. The van der Waals surface area contributed by atoms with Crippen molar-refractivity contribution < 1.29 is 9.47 Å². The molecule has 3 rings (SSSR count). The number of ether oxygens (including phenoxy) is 2. The van der Waals surface area contributed by atoms with Crippen molar-refractivity contribution in [3.8, 4) is 11.5 Å². The van der Waals surface area contributed by atoms with Crippen molar-refractivity contribution in [3.63, 3.8) is 0 Å². The SMILES string of the molecule is C=CCC/C(C)=C/CC/C(C)=C/CC.Cc1c(C)c2c(c(C)c1OCc1ccccc1)CCC(C)O2. The fraction of sp³-hybridized carbons (Fsp3) is 0.471. The van der Waals surface area contributed by atoms with Gasteiger partial charge in [-0.3, -0.25) is 0 Å². The van der Waals surface area contributed by atoms with Gasteiger partial charge in [-0.15, -0.1) is 6.58 Å². The molecule has 1 heterocycles. The molecule has 36 heavy (non-hydrogen) atoms. The predicted molar refractivity (Wildman–Crippen MR) is 156 cm³/mol. The smallest absolute Gasteiger partial charge is 0.126 e. The van der Waals surface area contributed by atoms with E-state index in [1.807, 2.05) is 24.3 Å². The normalized spacial score (nSPS) is 15.4. The molecule has 1 aliphatic rings. The highest BCUT2D eigenvalue weighted by Gasteiger charge is 2.24. The van der Waals surface area contributed by atoms with Gasteiger partial charge in [0.15, 0.2) is 0 Å². The molecule has 1 unspecified atom stereocenters. The van der Waals surface area contributed by atoms with Crippen LogP contribution in [0.5, 0.6) is 11.5 Å². The van der Waals surface area contributed by atoms with E-state index in [0.717, 1.165) is 37.2 Å². The third-order valence-corrected chi connectivity index (χ3v) is 6.98. The van der Waals surface area contributed by atoms with Crippen LogP contribution in [0.15, 0.2) is 66.3 Å². The minimum absolute atomic E-state index is 0.307. The van der Waals surface area contributed by atoms with E-state index in [4.69, 9.17) is 9.47 Å². The summed E-state index contributed by atoms with van der Waals surface area (Å²) in [6.07, 6.45) is 14.9. The third-order valence-electron chi connectivity index (χ3n) is 6.98. The first-order valence-electron chi connectivity index (χ1n) is 13.7. The molecule has 2 nitrogen and oxygen atoms in total. The zero-order valence-electron chi connectivity index (χ0n) is 23.9. The molecule has 2 aromatic rings. The molecule has 196 valence electrons. The summed E-state index contributed by atoms with van der Waals surface area (Å²) in [5.74, 6) is 2.11. The lowest BCUT2D eigenvalue weighted by Crippen LogP contribution is -2.21. The zero-order chi connectivity index (χ0) is 26.5. The van der Waals surface area contributed by atoms with Crippen LogP contribution in [0.25, 0.3) is 0 Å². The summed E-state index contributed by atoms with van der Waals surface area (Å²) in [6.45, 7) is 19.5. The zero-order valence-corrected chi connectivity index (χ0v) is 23.9. The summed E-state index contributed by atoms with van der Waals surface area (Å²) in [4.78, 5) is 0. The molecule has 2 heteroatoms. The Bertz CT molecular complexity index is 1030. The van der Waals surface area contributed by atoms with Crippen LogP contribution in [0.1, 0.15) is 94.0 Å². The lowest BCUT2D eigenvalue weighted by atomic mass is 9.92. The second-order valence-corrected chi connectivity index (χ2v) is 10.1. The molecule has 0 N–H and O–H groups in total. The Labute approximate surface area is 221 Å². The predicted octanol–water partition coefficient (Wildman–Crippen LogP) is 9.94. The minimum atomic E-state index is 0.307. The van der Waals surface area contributed by atoms with Crippen LogP contribution in [0, 0.1) is 20.8 Å². The van der Waals surface area contributed by atoms with Crippen molar-refractivity contribution in [1.29, 1.82) is 0 Å². The van der Waals surface area contributed by atoms with Crippen molar-refractivity contribution in [1.82, 2.24) is 0 Å². The van der Waals surface area contributed by atoms with Gasteiger partial charge in [-0.25, -0.2) is 0 Å². The van der Waals surface area contributed by atoms with Crippen molar-refractivity contribution in [2.45, 2.75) is 106 Å². The third kappa shape index (κ3) is 9.04. The standard InChI is InChI=1S/C20H24O2.C14H24/c1-13-10-11-18-16(4)19(14(2)15(3)20(18)22-13)21-12-17-8-6-5-7-9-17;1-5-7-10-14(4)12-8-11-13(3)9-6-2/h5-9,13H,10-12H2,1-4H3;5,9,12H,1,6-8,10-11H2,2-4H3/b;13-9+,14-12+. The first-order valence-corrected chi connectivity index (χ1v) is 13.7. The van der Waals surface area contributed by atoms with E-state index < -0.39 is 0 Å². The lowest BCUT2D eigenvalue weighted by Gasteiger charge is -2.29. The largest absolute Gasteiger partial charge is 0.490 e. The molecule has 0 aromatic heterocycles. The van der Waals surface area contributed by atoms with Crippen LogP contribution < -0.4 is 9.47 Å². The number of fused-ring (bicyclic) bond motifs is 1. The molecule has 0 saturated carbocycles. The fourth-order valence-electron chi connectivity index (χ4n) is 4.60. The lowest BCUT2D eigenvalue weighted by molar-refractivity contribution is 0.189. The number of benzene rings is 2. The topological polar surface area (TPSA) is 18.5 Å². The Balaban J connectivity index is 0.000000284. The molecule has 0 fully saturated rings. The van der Waals surface area contributed by atoms with Gasteiger partial charge in [0.2, 0.25) is 0 Å². The molecule has 1 atom stereocenters. The highest BCUT2D eigenvalue weighted by molar-refractivity contribution is 5.58. The monoisotopic (exact) mass is 488 g/mol. The summed E-state index contributed by atoms with van der Waals surface area (Å²) in [7, 11) is 0. The Morgan fingerprint density at radius 2 is 1.64 bits per heavy atom. The van der Waals surface area contributed by atoms with E-state index in [0.29, 0.717) is 12.7 Å². The number of rotatable bonds is 10. The molecule has 0 saturated heterocycles. The molecule has 0 amide bonds. The van der Waals surface area contributed by atoms with Crippen LogP contribution in [-0.4, -0.2) is 6.10 Å². The Kier molecular flexibility index (Phi) is 12.6. The number of hydrogen-bond acceptors (Lipinski definition) is 2. The maximum absolute atomic E-state index is 6.17. The molecule has 0 spiro atoms. The van der Waals surface area contributed by atoms with E-state index in [2.05, 4.69) is 79.3 Å². The first-order chi connectivity index (χ1) is 17.3. The van der Waals surface area contributed by atoms with Gasteiger partial charge in [0, 0.05) is 5.56 Å². The average molecular weight is 489 g/mol. The Morgan fingerprint density at radius 1 is 0.972 bits per heavy atom. The van der Waals surface area contributed by atoms with E-state index in [1.165, 1.54) is 58.2 Å². The summed E-state index contributed by atoms with van der Waals surface area (Å²) >= 11 is 0. The number of hydrogen-bond donors (Lipinski definition) is 0. The molecular formula is C34H48O2. The van der Waals surface area contributed by atoms with Gasteiger partial charge in [0.25, 0.3) is 0 Å². The maximum Gasteiger partial charge on any atom is 0.126 e. The van der Waals surface area contributed by atoms with E-state index >= 15 is 0 Å². The summed E-state index contributed by atoms with van der Waals surface area (Å²) in [5, 5.41) is 0. The highest BCUT2D eigenvalue weighted by atomic mass is 16.5. The highest BCUT2D eigenvalue weighted by Crippen LogP contribution is 2.41. The van der Waals surface area contributed by atoms with Gasteiger partial charge in [-0.05, 0) is 109 Å². The molecule has 0 radical (unpaired) electrons. The van der Waals surface area contributed by atoms with Gasteiger partial charge < -0.3 is 9.47 Å². The van der Waals surface area contributed by atoms with E-state index in [1.54, 1.807) is 0 Å². The van der Waals surface area contributed by atoms with Gasteiger partial charge in [0.05, 0.1) is 6.10 Å². The molecule has 1 aliphatic heterocycles. The Hall–Kier alpha value is -2.74. The second kappa shape index (κ2) is 15.4. The summed E-state index contributed by atoms with van der Waals surface area (Å²) < 4.78 is 12.3. The average Bonchev–Trinajstić information content (AvgIpc) is 2.87. The van der Waals surface area contributed by atoms with Crippen molar-refractivity contribution >= 4 is 0 Å².